The molecule has 8 heteroatoms. The van der Waals surface area contributed by atoms with E-state index in [1.165, 1.54) is 9.47 Å². The summed E-state index contributed by atoms with van der Waals surface area (Å²) in [4.78, 5) is 24.7. The number of benzene rings is 1. The molecule has 0 unspecified atom stereocenters. The number of morpholine rings is 1. The molecule has 0 saturated carbocycles. The van der Waals surface area contributed by atoms with E-state index in [1.54, 1.807) is 19.2 Å². The number of nitrogens with zero attached hydrogens (tertiary/aromatic N) is 2. The van der Waals surface area contributed by atoms with Gasteiger partial charge in [0.1, 0.15) is 18.8 Å². The maximum Gasteiger partial charge on any atom is 0.357 e. The minimum Gasteiger partial charge on any atom is -0.379 e. The van der Waals surface area contributed by atoms with Crippen LogP contribution in [0.3, 0.4) is 0 Å². The number of pyridine rings is 1. The van der Waals surface area contributed by atoms with Gasteiger partial charge in [-0.2, -0.15) is 0 Å². The highest BCUT2D eigenvalue weighted by Crippen LogP contribution is 2.29. The summed E-state index contributed by atoms with van der Waals surface area (Å²) >= 11 is 0. The van der Waals surface area contributed by atoms with Gasteiger partial charge < -0.3 is 19.5 Å². The Bertz CT molecular complexity index is 827. The van der Waals surface area contributed by atoms with E-state index in [2.05, 4.69) is 5.32 Å². The van der Waals surface area contributed by atoms with Gasteiger partial charge in [0, 0.05) is 25.4 Å². The maximum absolute atomic E-state index is 12.4. The quantitative estimate of drug-likeness (QED) is 0.441. The second-order valence-corrected chi connectivity index (χ2v) is 6.25. The third-order valence-corrected chi connectivity index (χ3v) is 4.67. The predicted molar refractivity (Wildman–Crippen MR) is 95.3 cm³/mol. The fourth-order valence-corrected chi connectivity index (χ4v) is 3.29. The lowest BCUT2D eigenvalue weighted by Gasteiger charge is -2.23. The zero-order valence-electron chi connectivity index (χ0n) is 14.3. The Morgan fingerprint density at radius 2 is 2.04 bits per heavy atom. The largest absolute Gasteiger partial charge is 0.379 e. The number of aryl methyl sites for hydroxylation is 1. The van der Waals surface area contributed by atoms with E-state index >= 15 is 0 Å². The Morgan fingerprint density at radius 3 is 2.76 bits per heavy atom. The standard InChI is InChI=1S/C17H22N4O4/c1-19-14-6-3-2-5-13(14)15(16(17(19)22)21(23)24)18-7-4-8-20-9-11-25-12-10-20/h2-3,5-6,18H,4,7-12H2,1H3/p+1. The topological polar surface area (TPSA) is 90.8 Å². The van der Waals surface area contributed by atoms with Crippen molar-refractivity contribution in [3.05, 3.63) is 44.7 Å². The van der Waals surface area contributed by atoms with Crippen molar-refractivity contribution in [3.63, 3.8) is 0 Å². The van der Waals surface area contributed by atoms with E-state index in [1.807, 2.05) is 12.1 Å². The van der Waals surface area contributed by atoms with Gasteiger partial charge in [0.15, 0.2) is 0 Å². The van der Waals surface area contributed by atoms with Gasteiger partial charge in [0.2, 0.25) is 0 Å². The summed E-state index contributed by atoms with van der Waals surface area (Å²) in [5, 5.41) is 15.3. The Kier molecular flexibility index (Phi) is 5.30. The molecule has 0 amide bonds. The Labute approximate surface area is 145 Å². The molecular formula is C17H23N4O4+. The first-order valence-electron chi connectivity index (χ1n) is 8.51. The van der Waals surface area contributed by atoms with E-state index < -0.39 is 10.5 Å². The van der Waals surface area contributed by atoms with E-state index in [4.69, 9.17) is 4.74 Å². The molecule has 25 heavy (non-hydrogen) atoms. The first kappa shape index (κ1) is 17.4. The van der Waals surface area contributed by atoms with E-state index in [-0.39, 0.29) is 5.69 Å². The molecule has 0 spiro atoms. The van der Waals surface area contributed by atoms with Crippen LogP contribution in [-0.2, 0) is 11.8 Å². The summed E-state index contributed by atoms with van der Waals surface area (Å²) in [6.45, 7) is 5.13. The number of aromatic nitrogens is 1. The molecule has 0 bridgehead atoms. The predicted octanol–water partition coefficient (Wildman–Crippen LogP) is 0.164. The number of nitrogens with one attached hydrogen (secondary N) is 2. The van der Waals surface area contributed by atoms with Crippen LogP contribution in [0.4, 0.5) is 11.4 Å². The van der Waals surface area contributed by atoms with E-state index in [9.17, 15) is 14.9 Å². The monoisotopic (exact) mass is 347 g/mol. The molecule has 1 aliphatic rings. The zero-order valence-corrected chi connectivity index (χ0v) is 14.3. The van der Waals surface area contributed by atoms with E-state index in [0.717, 1.165) is 39.3 Å². The molecule has 1 saturated heterocycles. The van der Waals surface area contributed by atoms with Gasteiger partial charge in [-0.25, -0.2) is 0 Å². The van der Waals surface area contributed by atoms with Crippen molar-refractivity contribution in [3.8, 4) is 0 Å². The number of anilines is 1. The molecule has 134 valence electrons. The van der Waals surface area contributed by atoms with Gasteiger partial charge in [-0.3, -0.25) is 14.9 Å². The number of quaternary nitrogens is 1. The Hall–Kier alpha value is -2.45. The molecule has 1 fully saturated rings. The maximum atomic E-state index is 12.4. The summed E-state index contributed by atoms with van der Waals surface area (Å²) in [5.41, 5.74) is 0.0185. The molecule has 3 rings (SSSR count). The molecule has 0 radical (unpaired) electrons. The second-order valence-electron chi connectivity index (χ2n) is 6.25. The number of rotatable bonds is 6. The Balaban J connectivity index is 1.81. The lowest BCUT2D eigenvalue weighted by Crippen LogP contribution is -3.14. The fraction of sp³-hybridized carbons (Fsp3) is 0.471. The summed E-state index contributed by atoms with van der Waals surface area (Å²) < 4.78 is 6.67. The van der Waals surface area contributed by atoms with Crippen LogP contribution < -0.4 is 15.8 Å². The van der Waals surface area contributed by atoms with Gasteiger partial charge in [-0.05, 0) is 6.07 Å². The lowest BCUT2D eigenvalue weighted by molar-refractivity contribution is -0.908. The minimum atomic E-state index is -0.593. The third kappa shape index (κ3) is 3.64. The van der Waals surface area contributed by atoms with Crippen LogP contribution in [0.1, 0.15) is 6.42 Å². The number of nitro groups is 1. The van der Waals surface area contributed by atoms with Gasteiger partial charge in [0.25, 0.3) is 0 Å². The smallest absolute Gasteiger partial charge is 0.357 e. The molecule has 1 aromatic heterocycles. The molecular weight excluding hydrogens is 324 g/mol. The van der Waals surface area contributed by atoms with Crippen LogP contribution in [0, 0.1) is 10.1 Å². The van der Waals surface area contributed by atoms with Crippen molar-refractivity contribution in [2.45, 2.75) is 6.42 Å². The van der Waals surface area contributed by atoms with Crippen molar-refractivity contribution in [2.75, 3.05) is 44.7 Å². The first-order chi connectivity index (χ1) is 12.1. The number of hydrogen-bond donors (Lipinski definition) is 2. The van der Waals surface area contributed by atoms with E-state index in [0.29, 0.717) is 23.1 Å². The summed E-state index contributed by atoms with van der Waals surface area (Å²) in [6, 6.07) is 7.24. The van der Waals surface area contributed by atoms with Crippen LogP contribution in [0.15, 0.2) is 29.1 Å². The van der Waals surface area contributed by atoms with Crippen molar-refractivity contribution >= 4 is 22.3 Å². The van der Waals surface area contributed by atoms with Crippen molar-refractivity contribution in [2.24, 2.45) is 7.05 Å². The molecule has 0 atom stereocenters. The highest BCUT2D eigenvalue weighted by molar-refractivity contribution is 5.96. The molecule has 2 aromatic rings. The highest BCUT2D eigenvalue weighted by atomic mass is 16.6. The van der Waals surface area contributed by atoms with Gasteiger partial charge in [-0.15, -0.1) is 0 Å². The lowest BCUT2D eigenvalue weighted by atomic mass is 10.1. The number of hydrogen-bond acceptors (Lipinski definition) is 5. The third-order valence-electron chi connectivity index (χ3n) is 4.67. The van der Waals surface area contributed by atoms with Crippen LogP contribution in [-0.4, -0.2) is 48.9 Å². The van der Waals surface area contributed by atoms with Crippen molar-refractivity contribution in [1.82, 2.24) is 4.57 Å². The van der Waals surface area contributed by atoms with Crippen LogP contribution in [0.2, 0.25) is 0 Å². The average Bonchev–Trinajstić information content (AvgIpc) is 2.63. The minimum absolute atomic E-state index is 0.320. The number of ether oxygens (including phenoxy) is 1. The highest BCUT2D eigenvalue weighted by Gasteiger charge is 2.24. The summed E-state index contributed by atoms with van der Waals surface area (Å²) in [6.07, 6.45) is 0.871. The Morgan fingerprint density at radius 1 is 1.32 bits per heavy atom. The molecule has 2 N–H and O–H groups in total. The van der Waals surface area contributed by atoms with Gasteiger partial charge in [0.05, 0.1) is 30.2 Å². The molecule has 0 aliphatic carbocycles. The molecule has 8 nitrogen and oxygen atoms in total. The van der Waals surface area contributed by atoms with Crippen LogP contribution in [0.5, 0.6) is 0 Å². The van der Waals surface area contributed by atoms with Gasteiger partial charge >= 0.3 is 11.2 Å². The van der Waals surface area contributed by atoms with Crippen molar-refractivity contribution in [1.29, 1.82) is 0 Å². The second kappa shape index (κ2) is 7.62. The first-order valence-corrected chi connectivity index (χ1v) is 8.51. The van der Waals surface area contributed by atoms with Gasteiger partial charge in [-0.1, -0.05) is 18.2 Å². The summed E-state index contributed by atoms with van der Waals surface area (Å²) in [7, 11) is 1.56. The molecule has 1 aromatic carbocycles. The fourth-order valence-electron chi connectivity index (χ4n) is 3.29. The molecule has 1 aliphatic heterocycles. The normalized spacial score (nSPS) is 15.4. The number of para-hydroxylation sites is 1. The zero-order chi connectivity index (χ0) is 17.8. The average molecular weight is 347 g/mol. The SMILES string of the molecule is Cn1c(=O)c([N+](=O)[O-])c(NCCC[NH+]2CCOCC2)c2ccccc21. The summed E-state index contributed by atoms with van der Waals surface area (Å²) in [5.74, 6) is 0. The number of fused-ring (bicyclic) bond motifs is 1. The van der Waals surface area contributed by atoms with Crippen LogP contribution >= 0.6 is 0 Å². The molecule has 2 heterocycles. The van der Waals surface area contributed by atoms with Crippen LogP contribution in [0.25, 0.3) is 10.9 Å². The van der Waals surface area contributed by atoms with Crippen molar-refractivity contribution < 1.29 is 14.6 Å².